The predicted molar refractivity (Wildman–Crippen MR) is 84.7 cm³/mol. The number of rotatable bonds is 6. The Labute approximate surface area is 133 Å². The van der Waals surface area contributed by atoms with E-state index in [1.54, 1.807) is 30.3 Å². The second-order valence-corrected chi connectivity index (χ2v) is 5.23. The Morgan fingerprint density at radius 1 is 1.14 bits per heavy atom. The number of nitrogens with one attached hydrogen (secondary N) is 1. The van der Waals surface area contributed by atoms with Gasteiger partial charge >= 0.3 is 0 Å². The van der Waals surface area contributed by atoms with E-state index in [4.69, 9.17) is 11.6 Å². The lowest BCUT2D eigenvalue weighted by Crippen LogP contribution is -2.23. The molecule has 0 fully saturated rings. The summed E-state index contributed by atoms with van der Waals surface area (Å²) in [6.45, 7) is 0.149. The maximum Gasteiger partial charge on any atom is 0.274 e. The van der Waals surface area contributed by atoms with Crippen LogP contribution in [0.25, 0.3) is 0 Å². The molecule has 22 heavy (non-hydrogen) atoms. The van der Waals surface area contributed by atoms with Crippen molar-refractivity contribution < 1.29 is 9.72 Å². The topological polar surface area (TPSA) is 72.2 Å². The van der Waals surface area contributed by atoms with E-state index in [0.29, 0.717) is 23.4 Å². The summed E-state index contributed by atoms with van der Waals surface area (Å²) < 4.78 is 0. The van der Waals surface area contributed by atoms with Gasteiger partial charge in [-0.1, -0.05) is 41.9 Å². The van der Waals surface area contributed by atoms with Crippen LogP contribution >= 0.6 is 11.6 Å². The van der Waals surface area contributed by atoms with Crippen molar-refractivity contribution in [3.8, 4) is 0 Å². The number of aryl methyl sites for hydroxylation is 1. The maximum absolute atomic E-state index is 11.8. The maximum atomic E-state index is 11.8. The molecular weight excluding hydrogens is 304 g/mol. The molecule has 114 valence electrons. The molecule has 2 rings (SSSR count). The largest absolute Gasteiger partial charge is 0.352 e. The summed E-state index contributed by atoms with van der Waals surface area (Å²) in [5.41, 5.74) is 1.53. The van der Waals surface area contributed by atoms with E-state index >= 15 is 0 Å². The van der Waals surface area contributed by atoms with Crippen LogP contribution in [0.1, 0.15) is 17.5 Å². The molecule has 0 aliphatic carbocycles. The van der Waals surface area contributed by atoms with E-state index in [1.165, 1.54) is 6.07 Å². The van der Waals surface area contributed by atoms with E-state index in [9.17, 15) is 14.9 Å². The Kier molecular flexibility index (Phi) is 5.49. The molecule has 0 aliphatic heterocycles. The smallest absolute Gasteiger partial charge is 0.274 e. The molecule has 0 spiro atoms. The van der Waals surface area contributed by atoms with Crippen molar-refractivity contribution in [1.82, 2.24) is 5.32 Å². The number of nitro groups is 1. The van der Waals surface area contributed by atoms with Crippen molar-refractivity contribution >= 4 is 23.2 Å². The number of halogens is 1. The summed E-state index contributed by atoms with van der Waals surface area (Å²) in [4.78, 5) is 22.3. The van der Waals surface area contributed by atoms with Gasteiger partial charge in [0.2, 0.25) is 5.91 Å². The van der Waals surface area contributed by atoms with Gasteiger partial charge in [-0.05, 0) is 24.1 Å². The molecule has 2 aromatic rings. The molecule has 0 saturated carbocycles. The predicted octanol–water partition coefficient (Wildman–Crippen LogP) is 3.50. The van der Waals surface area contributed by atoms with Gasteiger partial charge in [0.1, 0.15) is 0 Å². The highest BCUT2D eigenvalue weighted by Gasteiger charge is 2.12. The second kappa shape index (κ2) is 7.56. The van der Waals surface area contributed by atoms with Crippen molar-refractivity contribution in [2.75, 3.05) is 0 Å². The monoisotopic (exact) mass is 318 g/mol. The van der Waals surface area contributed by atoms with E-state index in [2.05, 4.69) is 5.32 Å². The fourth-order valence-electron chi connectivity index (χ4n) is 2.03. The Balaban J connectivity index is 1.85. The number of carbonyl (C=O) groups excluding carboxylic acids is 1. The number of hydrogen-bond donors (Lipinski definition) is 1. The van der Waals surface area contributed by atoms with E-state index < -0.39 is 4.92 Å². The first kappa shape index (κ1) is 16.0. The average Bonchev–Trinajstić information content (AvgIpc) is 2.52. The third kappa shape index (κ3) is 4.56. The van der Waals surface area contributed by atoms with E-state index in [0.717, 1.165) is 5.56 Å². The van der Waals surface area contributed by atoms with Gasteiger partial charge in [-0.3, -0.25) is 14.9 Å². The third-order valence-electron chi connectivity index (χ3n) is 3.22. The first-order valence-electron chi connectivity index (χ1n) is 6.79. The standard InChI is InChI=1S/C16H15ClN2O3/c17-14-8-5-12(6-9-14)7-10-16(20)18-11-13-3-1-2-4-15(13)19(21)22/h1-6,8-9H,7,10-11H2,(H,18,20). The highest BCUT2D eigenvalue weighted by molar-refractivity contribution is 6.30. The summed E-state index contributed by atoms with van der Waals surface area (Å²) in [5.74, 6) is -0.145. The molecule has 0 bridgehead atoms. The van der Waals surface area contributed by atoms with Crippen molar-refractivity contribution in [2.45, 2.75) is 19.4 Å². The van der Waals surface area contributed by atoms with Gasteiger partial charge in [-0.15, -0.1) is 0 Å². The second-order valence-electron chi connectivity index (χ2n) is 4.79. The molecule has 0 saturated heterocycles. The van der Waals surface area contributed by atoms with Crippen LogP contribution < -0.4 is 5.32 Å². The summed E-state index contributed by atoms with van der Waals surface area (Å²) in [7, 11) is 0. The zero-order chi connectivity index (χ0) is 15.9. The van der Waals surface area contributed by atoms with Crippen molar-refractivity contribution in [3.63, 3.8) is 0 Å². The van der Waals surface area contributed by atoms with Crippen molar-refractivity contribution in [3.05, 3.63) is 74.8 Å². The number of nitro benzene ring substituents is 1. The lowest BCUT2D eigenvalue weighted by Gasteiger charge is -2.06. The zero-order valence-electron chi connectivity index (χ0n) is 11.8. The van der Waals surface area contributed by atoms with Crippen LogP contribution in [0, 0.1) is 10.1 Å². The molecular formula is C16H15ClN2O3. The quantitative estimate of drug-likeness (QED) is 0.654. The fourth-order valence-corrected chi connectivity index (χ4v) is 2.16. The van der Waals surface area contributed by atoms with Crippen LogP contribution in [0.2, 0.25) is 5.02 Å². The summed E-state index contributed by atoms with van der Waals surface area (Å²) in [5, 5.41) is 14.3. The van der Waals surface area contributed by atoms with E-state index in [1.807, 2.05) is 12.1 Å². The number of para-hydroxylation sites is 1. The first-order chi connectivity index (χ1) is 10.6. The number of hydrogen-bond acceptors (Lipinski definition) is 3. The molecule has 1 N–H and O–H groups in total. The van der Waals surface area contributed by atoms with Crippen LogP contribution in [0.3, 0.4) is 0 Å². The molecule has 0 aliphatic rings. The van der Waals surface area contributed by atoms with Gasteiger partial charge in [0, 0.05) is 29.6 Å². The molecule has 0 atom stereocenters. The number of nitrogens with zero attached hydrogens (tertiary/aromatic N) is 1. The van der Waals surface area contributed by atoms with Crippen LogP contribution in [0.15, 0.2) is 48.5 Å². The Morgan fingerprint density at radius 3 is 2.50 bits per heavy atom. The molecule has 0 unspecified atom stereocenters. The van der Waals surface area contributed by atoms with Crippen LogP contribution in [-0.4, -0.2) is 10.8 Å². The summed E-state index contributed by atoms with van der Waals surface area (Å²) in [6.07, 6.45) is 0.919. The average molecular weight is 319 g/mol. The Bertz CT molecular complexity index is 671. The molecule has 1 amide bonds. The van der Waals surface area contributed by atoms with Gasteiger partial charge in [-0.25, -0.2) is 0 Å². The van der Waals surface area contributed by atoms with Gasteiger partial charge in [0.05, 0.1) is 4.92 Å². The van der Waals surface area contributed by atoms with Gasteiger partial charge in [-0.2, -0.15) is 0 Å². The van der Waals surface area contributed by atoms with Gasteiger partial charge in [0.15, 0.2) is 0 Å². The minimum Gasteiger partial charge on any atom is -0.352 e. The van der Waals surface area contributed by atoms with Crippen molar-refractivity contribution in [2.24, 2.45) is 0 Å². The molecule has 0 heterocycles. The highest BCUT2D eigenvalue weighted by atomic mass is 35.5. The minimum atomic E-state index is -0.449. The first-order valence-corrected chi connectivity index (χ1v) is 7.17. The Hall–Kier alpha value is -2.40. The minimum absolute atomic E-state index is 0.0144. The molecule has 6 heteroatoms. The molecule has 0 aromatic heterocycles. The SMILES string of the molecule is O=C(CCc1ccc(Cl)cc1)NCc1ccccc1[N+](=O)[O-]. The Morgan fingerprint density at radius 2 is 1.82 bits per heavy atom. The fraction of sp³-hybridized carbons (Fsp3) is 0.188. The molecule has 0 radical (unpaired) electrons. The zero-order valence-corrected chi connectivity index (χ0v) is 12.5. The highest BCUT2D eigenvalue weighted by Crippen LogP contribution is 2.17. The number of carbonyl (C=O) groups is 1. The third-order valence-corrected chi connectivity index (χ3v) is 3.47. The normalized spacial score (nSPS) is 10.2. The number of benzene rings is 2. The summed E-state index contributed by atoms with van der Waals surface area (Å²) in [6, 6.07) is 13.7. The van der Waals surface area contributed by atoms with Crippen LogP contribution in [0.5, 0.6) is 0 Å². The van der Waals surface area contributed by atoms with Crippen LogP contribution in [0.4, 0.5) is 5.69 Å². The molecule has 5 nitrogen and oxygen atoms in total. The lowest BCUT2D eigenvalue weighted by atomic mass is 10.1. The lowest BCUT2D eigenvalue weighted by molar-refractivity contribution is -0.385. The van der Waals surface area contributed by atoms with E-state index in [-0.39, 0.29) is 18.1 Å². The van der Waals surface area contributed by atoms with Gasteiger partial charge in [0.25, 0.3) is 5.69 Å². The number of amides is 1. The van der Waals surface area contributed by atoms with Crippen molar-refractivity contribution in [1.29, 1.82) is 0 Å². The van der Waals surface area contributed by atoms with Gasteiger partial charge < -0.3 is 5.32 Å². The summed E-state index contributed by atoms with van der Waals surface area (Å²) >= 11 is 5.80. The van der Waals surface area contributed by atoms with Crippen LogP contribution in [-0.2, 0) is 17.8 Å². The molecule has 2 aromatic carbocycles.